The van der Waals surface area contributed by atoms with Crippen LogP contribution in [0.3, 0.4) is 0 Å². The molecule has 0 amide bonds. The molecular weight excluding hydrogens is 258 g/mol. The monoisotopic (exact) mass is 269 g/mol. The average molecular weight is 270 g/mol. The van der Waals surface area contributed by atoms with Gasteiger partial charge in [-0.05, 0) is 24.6 Å². The van der Waals surface area contributed by atoms with Crippen molar-refractivity contribution >= 4 is 37.4 Å². The summed E-state index contributed by atoms with van der Waals surface area (Å²) in [4.78, 5) is 1.27. The summed E-state index contributed by atoms with van der Waals surface area (Å²) >= 11 is 5.34. The van der Waals surface area contributed by atoms with Crippen molar-refractivity contribution in [2.24, 2.45) is 5.73 Å². The Labute approximate surface area is 96.1 Å². The molecule has 0 unspecified atom stereocenters. The van der Waals surface area contributed by atoms with Gasteiger partial charge in [0.1, 0.15) is 0 Å². The van der Waals surface area contributed by atoms with Gasteiger partial charge in [-0.2, -0.15) is 0 Å². The molecule has 2 aromatic rings. The van der Waals surface area contributed by atoms with Crippen molar-refractivity contribution in [3.8, 4) is 0 Å². The standard InChI is InChI=1S/C11H12BrNS/c1-2-9(13)11-6-7-8(12)4-3-5-10(7)14-11/h3-6,9H,2,13H2,1H3/t9-/m0/s1. The third-order valence-corrected chi connectivity index (χ3v) is 4.26. The van der Waals surface area contributed by atoms with Crippen molar-refractivity contribution in [2.75, 3.05) is 0 Å². The number of hydrogen-bond acceptors (Lipinski definition) is 2. The minimum absolute atomic E-state index is 0.180. The van der Waals surface area contributed by atoms with Crippen molar-refractivity contribution in [1.82, 2.24) is 0 Å². The second-order valence-electron chi connectivity index (χ2n) is 3.32. The average Bonchev–Trinajstić information content (AvgIpc) is 2.62. The topological polar surface area (TPSA) is 26.0 Å². The lowest BCUT2D eigenvalue weighted by Gasteiger charge is -2.03. The Balaban J connectivity index is 2.56. The zero-order valence-corrected chi connectivity index (χ0v) is 10.4. The lowest BCUT2D eigenvalue weighted by Crippen LogP contribution is -2.05. The van der Waals surface area contributed by atoms with Crippen molar-refractivity contribution in [3.05, 3.63) is 33.6 Å². The Morgan fingerprint density at radius 2 is 2.29 bits per heavy atom. The molecular formula is C11H12BrNS. The van der Waals surface area contributed by atoms with Gasteiger partial charge in [-0.3, -0.25) is 0 Å². The van der Waals surface area contributed by atoms with E-state index in [-0.39, 0.29) is 6.04 Å². The van der Waals surface area contributed by atoms with Crippen LogP contribution in [-0.2, 0) is 0 Å². The van der Waals surface area contributed by atoms with Crippen molar-refractivity contribution in [1.29, 1.82) is 0 Å². The normalized spacial score (nSPS) is 13.4. The van der Waals surface area contributed by atoms with Gasteiger partial charge in [0.25, 0.3) is 0 Å². The van der Waals surface area contributed by atoms with Gasteiger partial charge in [0, 0.05) is 25.5 Å². The molecule has 0 saturated heterocycles. The first-order valence-electron chi connectivity index (χ1n) is 4.66. The van der Waals surface area contributed by atoms with Crippen molar-refractivity contribution in [2.45, 2.75) is 19.4 Å². The van der Waals surface area contributed by atoms with Crippen LogP contribution in [0.4, 0.5) is 0 Å². The Morgan fingerprint density at radius 1 is 1.50 bits per heavy atom. The molecule has 1 heterocycles. The van der Waals surface area contributed by atoms with Crippen LogP contribution in [-0.4, -0.2) is 0 Å². The highest BCUT2D eigenvalue weighted by Crippen LogP contribution is 2.34. The zero-order chi connectivity index (χ0) is 10.1. The van der Waals surface area contributed by atoms with E-state index >= 15 is 0 Å². The molecule has 0 bridgehead atoms. The molecule has 1 aromatic carbocycles. The van der Waals surface area contributed by atoms with Crippen LogP contribution >= 0.6 is 27.3 Å². The molecule has 2 rings (SSSR count). The molecule has 0 spiro atoms. The van der Waals surface area contributed by atoms with Gasteiger partial charge >= 0.3 is 0 Å². The van der Waals surface area contributed by atoms with E-state index in [9.17, 15) is 0 Å². The van der Waals surface area contributed by atoms with Crippen LogP contribution in [0.2, 0.25) is 0 Å². The van der Waals surface area contributed by atoms with Gasteiger partial charge in [-0.25, -0.2) is 0 Å². The number of halogens is 1. The van der Waals surface area contributed by atoms with Crippen LogP contribution in [0.15, 0.2) is 28.7 Å². The van der Waals surface area contributed by atoms with E-state index in [0.717, 1.165) is 10.9 Å². The van der Waals surface area contributed by atoms with E-state index in [0.29, 0.717) is 0 Å². The summed E-state index contributed by atoms with van der Waals surface area (Å²) in [5.74, 6) is 0. The van der Waals surface area contributed by atoms with Gasteiger partial charge in [0.2, 0.25) is 0 Å². The summed E-state index contributed by atoms with van der Waals surface area (Å²) < 4.78 is 2.46. The number of fused-ring (bicyclic) bond motifs is 1. The fourth-order valence-electron chi connectivity index (χ4n) is 1.43. The molecule has 3 heteroatoms. The highest BCUT2D eigenvalue weighted by Gasteiger charge is 2.09. The van der Waals surface area contributed by atoms with Gasteiger partial charge in [-0.15, -0.1) is 11.3 Å². The molecule has 1 aromatic heterocycles. The molecule has 14 heavy (non-hydrogen) atoms. The first-order chi connectivity index (χ1) is 6.72. The first-order valence-corrected chi connectivity index (χ1v) is 6.27. The predicted octanol–water partition coefficient (Wildman–Crippen LogP) is 4.07. The number of benzene rings is 1. The molecule has 0 aliphatic heterocycles. The highest BCUT2D eigenvalue weighted by molar-refractivity contribution is 9.10. The number of nitrogens with two attached hydrogens (primary N) is 1. The van der Waals surface area contributed by atoms with Gasteiger partial charge in [0.05, 0.1) is 0 Å². The number of rotatable bonds is 2. The summed E-state index contributed by atoms with van der Waals surface area (Å²) in [5, 5.41) is 1.27. The zero-order valence-electron chi connectivity index (χ0n) is 7.96. The Kier molecular flexibility index (Phi) is 2.91. The predicted molar refractivity (Wildman–Crippen MR) is 66.7 cm³/mol. The molecule has 0 saturated carbocycles. The van der Waals surface area contributed by atoms with Gasteiger partial charge in [-0.1, -0.05) is 28.9 Å². The van der Waals surface area contributed by atoms with E-state index < -0.39 is 0 Å². The maximum atomic E-state index is 6.00. The molecule has 1 nitrogen and oxygen atoms in total. The minimum Gasteiger partial charge on any atom is -0.323 e. The van der Waals surface area contributed by atoms with E-state index in [1.54, 1.807) is 11.3 Å². The maximum absolute atomic E-state index is 6.00. The molecule has 74 valence electrons. The number of thiophene rings is 1. The Morgan fingerprint density at radius 3 is 2.93 bits per heavy atom. The van der Waals surface area contributed by atoms with Gasteiger partial charge < -0.3 is 5.73 Å². The second-order valence-corrected chi connectivity index (χ2v) is 5.28. The van der Waals surface area contributed by atoms with Crippen molar-refractivity contribution in [3.63, 3.8) is 0 Å². The summed E-state index contributed by atoms with van der Waals surface area (Å²) in [5.41, 5.74) is 6.00. The van der Waals surface area contributed by atoms with Crippen LogP contribution in [0, 0.1) is 0 Å². The van der Waals surface area contributed by atoms with Crippen LogP contribution in [0.1, 0.15) is 24.3 Å². The summed E-state index contributed by atoms with van der Waals surface area (Å²) in [6, 6.07) is 8.63. The molecule has 1 atom stereocenters. The molecule has 0 radical (unpaired) electrons. The largest absolute Gasteiger partial charge is 0.323 e. The molecule has 0 aliphatic rings. The Hall–Kier alpha value is -0.380. The second kappa shape index (κ2) is 4.01. The van der Waals surface area contributed by atoms with E-state index in [4.69, 9.17) is 5.73 Å². The highest BCUT2D eigenvalue weighted by atomic mass is 79.9. The quantitative estimate of drug-likeness (QED) is 0.874. The van der Waals surface area contributed by atoms with Gasteiger partial charge in [0.15, 0.2) is 0 Å². The SMILES string of the molecule is CC[C@H](N)c1cc2c(Br)cccc2s1. The Bertz CT molecular complexity index is 449. The third-order valence-electron chi connectivity index (χ3n) is 2.33. The fourth-order valence-corrected chi connectivity index (χ4v) is 3.21. The lowest BCUT2D eigenvalue weighted by atomic mass is 10.2. The third kappa shape index (κ3) is 1.72. The molecule has 0 aliphatic carbocycles. The summed E-state index contributed by atoms with van der Waals surface area (Å²) in [6.07, 6.45) is 0.991. The van der Waals surface area contributed by atoms with Crippen LogP contribution < -0.4 is 5.73 Å². The maximum Gasteiger partial charge on any atom is 0.0387 e. The van der Waals surface area contributed by atoms with E-state index in [1.807, 2.05) is 0 Å². The smallest absolute Gasteiger partial charge is 0.0387 e. The summed E-state index contributed by atoms with van der Waals surface area (Å²) in [7, 11) is 0. The lowest BCUT2D eigenvalue weighted by molar-refractivity contribution is 0.712. The first kappa shape index (κ1) is 10.1. The van der Waals surface area contributed by atoms with E-state index in [2.05, 4.69) is 47.1 Å². The fraction of sp³-hybridized carbons (Fsp3) is 0.273. The summed E-state index contributed by atoms with van der Waals surface area (Å²) in [6.45, 7) is 2.12. The van der Waals surface area contributed by atoms with Crippen LogP contribution in [0.25, 0.3) is 10.1 Å². The van der Waals surface area contributed by atoms with Crippen molar-refractivity contribution < 1.29 is 0 Å². The van der Waals surface area contributed by atoms with Crippen LogP contribution in [0.5, 0.6) is 0 Å². The number of hydrogen-bond donors (Lipinski definition) is 1. The molecule has 2 N–H and O–H groups in total. The molecule has 0 fully saturated rings. The van der Waals surface area contributed by atoms with E-state index in [1.165, 1.54) is 15.0 Å². The minimum atomic E-state index is 0.180.